The summed E-state index contributed by atoms with van der Waals surface area (Å²) in [6.07, 6.45) is 2.22. The molecule has 1 heterocycles. The molecule has 1 aliphatic heterocycles. The van der Waals surface area contributed by atoms with Gasteiger partial charge in [-0.15, -0.1) is 0 Å². The third kappa shape index (κ3) is 3.47. The maximum Gasteiger partial charge on any atom is 0.122 e. The molecule has 2 nitrogen and oxygen atoms in total. The first-order valence-corrected chi connectivity index (χ1v) is 6.63. The molecule has 1 unspecified atom stereocenters. The van der Waals surface area contributed by atoms with Crippen molar-refractivity contribution in [3.8, 4) is 5.75 Å². The van der Waals surface area contributed by atoms with Crippen LogP contribution in [0.15, 0.2) is 18.2 Å². The van der Waals surface area contributed by atoms with Crippen molar-refractivity contribution >= 4 is 0 Å². The topological polar surface area (TPSA) is 21.3 Å². The number of nitrogens with one attached hydrogen (secondary N) is 1. The molecule has 2 rings (SSSR count). The van der Waals surface area contributed by atoms with Gasteiger partial charge in [0.15, 0.2) is 0 Å². The first kappa shape index (κ1) is 12.4. The largest absolute Gasteiger partial charge is 0.493 e. The Kier molecular flexibility index (Phi) is 4.06. The third-order valence-electron chi connectivity index (χ3n) is 3.21. The lowest BCUT2D eigenvalue weighted by Crippen LogP contribution is -2.28. The highest BCUT2D eigenvalue weighted by Gasteiger charge is 2.13. The summed E-state index contributed by atoms with van der Waals surface area (Å²) < 4.78 is 5.53. The predicted molar refractivity (Wildman–Crippen MR) is 71.6 cm³/mol. The molecular formula is C15H23NO. The zero-order chi connectivity index (χ0) is 12.3. The number of hydrogen-bond donors (Lipinski definition) is 1. The molecule has 0 amide bonds. The van der Waals surface area contributed by atoms with Crippen LogP contribution in [0, 0.1) is 5.92 Å². The molecule has 0 aromatic heterocycles. The van der Waals surface area contributed by atoms with Crippen molar-refractivity contribution < 1.29 is 4.74 Å². The summed E-state index contributed by atoms with van der Waals surface area (Å²) in [6, 6.07) is 7.22. The molecule has 0 bridgehead atoms. The molecule has 0 saturated heterocycles. The quantitative estimate of drug-likeness (QED) is 0.844. The van der Waals surface area contributed by atoms with Crippen molar-refractivity contribution in [1.29, 1.82) is 0 Å². The fourth-order valence-corrected chi connectivity index (χ4v) is 2.28. The molecule has 0 saturated carbocycles. The average Bonchev–Trinajstić information content (AvgIpc) is 2.73. The van der Waals surface area contributed by atoms with Crippen LogP contribution in [0.25, 0.3) is 0 Å². The van der Waals surface area contributed by atoms with Gasteiger partial charge in [0.05, 0.1) is 6.61 Å². The molecule has 1 N–H and O–H groups in total. The zero-order valence-electron chi connectivity index (χ0n) is 11.1. The van der Waals surface area contributed by atoms with Gasteiger partial charge in [0, 0.05) is 12.5 Å². The van der Waals surface area contributed by atoms with Crippen LogP contribution in [0.5, 0.6) is 5.75 Å². The van der Waals surface area contributed by atoms with Gasteiger partial charge in [0.1, 0.15) is 5.75 Å². The van der Waals surface area contributed by atoms with E-state index in [0.717, 1.165) is 31.7 Å². The summed E-state index contributed by atoms with van der Waals surface area (Å²) >= 11 is 0. The lowest BCUT2D eigenvalue weighted by Gasteiger charge is -2.15. The van der Waals surface area contributed by atoms with Gasteiger partial charge in [-0.3, -0.25) is 0 Å². The van der Waals surface area contributed by atoms with Gasteiger partial charge in [-0.05, 0) is 36.1 Å². The molecule has 0 radical (unpaired) electrons. The fraction of sp³-hybridized carbons (Fsp3) is 0.600. The van der Waals surface area contributed by atoms with E-state index in [9.17, 15) is 0 Å². The van der Waals surface area contributed by atoms with Crippen LogP contribution < -0.4 is 10.1 Å². The number of hydrogen-bond acceptors (Lipinski definition) is 2. The summed E-state index contributed by atoms with van der Waals surface area (Å²) in [4.78, 5) is 0. The van der Waals surface area contributed by atoms with E-state index in [1.807, 2.05) is 0 Å². The Morgan fingerprint density at radius 3 is 2.88 bits per heavy atom. The molecule has 0 aliphatic carbocycles. The minimum absolute atomic E-state index is 0.575. The highest BCUT2D eigenvalue weighted by atomic mass is 16.5. The minimum Gasteiger partial charge on any atom is -0.493 e. The van der Waals surface area contributed by atoms with E-state index in [4.69, 9.17) is 4.74 Å². The zero-order valence-corrected chi connectivity index (χ0v) is 11.1. The summed E-state index contributed by atoms with van der Waals surface area (Å²) in [5.41, 5.74) is 2.82. The molecule has 2 heteroatoms. The number of rotatable bonds is 5. The van der Waals surface area contributed by atoms with Crippen molar-refractivity contribution in [3.05, 3.63) is 29.3 Å². The summed E-state index contributed by atoms with van der Waals surface area (Å²) in [7, 11) is 0. The molecule has 1 aromatic rings. The van der Waals surface area contributed by atoms with Crippen LogP contribution in [0.4, 0.5) is 0 Å². The summed E-state index contributed by atoms with van der Waals surface area (Å²) in [5, 5.41) is 3.49. The normalized spacial score (nSPS) is 15.8. The molecule has 94 valence electrons. The van der Waals surface area contributed by atoms with E-state index in [1.165, 1.54) is 11.1 Å². The van der Waals surface area contributed by atoms with Crippen LogP contribution in [0.1, 0.15) is 31.9 Å². The monoisotopic (exact) mass is 233 g/mol. The number of benzene rings is 1. The molecule has 1 atom stereocenters. The Bertz CT molecular complexity index is 373. The second-order valence-corrected chi connectivity index (χ2v) is 5.41. The number of fused-ring (bicyclic) bond motifs is 1. The Morgan fingerprint density at radius 2 is 2.12 bits per heavy atom. The van der Waals surface area contributed by atoms with Crippen molar-refractivity contribution in [2.75, 3.05) is 13.2 Å². The van der Waals surface area contributed by atoms with Crippen molar-refractivity contribution in [1.82, 2.24) is 5.32 Å². The van der Waals surface area contributed by atoms with Crippen LogP contribution in [0.2, 0.25) is 0 Å². The van der Waals surface area contributed by atoms with Crippen molar-refractivity contribution in [2.45, 2.75) is 39.7 Å². The smallest absolute Gasteiger partial charge is 0.122 e. The van der Waals surface area contributed by atoms with E-state index in [1.54, 1.807) is 0 Å². The van der Waals surface area contributed by atoms with Crippen molar-refractivity contribution in [3.63, 3.8) is 0 Å². The van der Waals surface area contributed by atoms with Gasteiger partial charge in [0.2, 0.25) is 0 Å². The fourth-order valence-electron chi connectivity index (χ4n) is 2.28. The molecular weight excluding hydrogens is 210 g/mol. The second-order valence-electron chi connectivity index (χ2n) is 5.41. The standard InChI is InChI=1S/C15H23NO/c1-11(2)16-10-12(3)8-13-4-5-15-14(9-13)6-7-17-15/h4-5,9,11-12,16H,6-8,10H2,1-3H3. The number of ether oxygens (including phenoxy) is 1. The SMILES string of the molecule is CC(CNC(C)C)Cc1ccc2c(c1)CCO2. The van der Waals surface area contributed by atoms with E-state index < -0.39 is 0 Å². The van der Waals surface area contributed by atoms with Gasteiger partial charge in [-0.25, -0.2) is 0 Å². The first-order valence-electron chi connectivity index (χ1n) is 6.63. The van der Waals surface area contributed by atoms with E-state index in [-0.39, 0.29) is 0 Å². The molecule has 1 aromatic carbocycles. The van der Waals surface area contributed by atoms with Gasteiger partial charge in [-0.2, -0.15) is 0 Å². The van der Waals surface area contributed by atoms with Crippen LogP contribution in [0.3, 0.4) is 0 Å². The predicted octanol–water partition coefficient (Wildman–Crippen LogP) is 2.80. The summed E-state index contributed by atoms with van der Waals surface area (Å²) in [5.74, 6) is 1.76. The van der Waals surface area contributed by atoms with E-state index >= 15 is 0 Å². The molecule has 17 heavy (non-hydrogen) atoms. The summed E-state index contributed by atoms with van der Waals surface area (Å²) in [6.45, 7) is 8.63. The van der Waals surface area contributed by atoms with Gasteiger partial charge < -0.3 is 10.1 Å². The highest BCUT2D eigenvalue weighted by molar-refractivity contribution is 5.39. The third-order valence-corrected chi connectivity index (χ3v) is 3.21. The highest BCUT2D eigenvalue weighted by Crippen LogP contribution is 2.26. The average molecular weight is 233 g/mol. The lowest BCUT2D eigenvalue weighted by molar-refractivity contribution is 0.357. The van der Waals surface area contributed by atoms with Crippen LogP contribution in [-0.4, -0.2) is 19.2 Å². The van der Waals surface area contributed by atoms with Crippen LogP contribution >= 0.6 is 0 Å². The molecule has 1 aliphatic rings. The second kappa shape index (κ2) is 5.54. The maximum absolute atomic E-state index is 5.53. The van der Waals surface area contributed by atoms with Gasteiger partial charge >= 0.3 is 0 Å². The van der Waals surface area contributed by atoms with Gasteiger partial charge in [-0.1, -0.05) is 32.9 Å². The first-order chi connectivity index (χ1) is 8.15. The lowest BCUT2D eigenvalue weighted by atomic mass is 9.98. The molecule has 0 spiro atoms. The Hall–Kier alpha value is -1.02. The van der Waals surface area contributed by atoms with Crippen LogP contribution in [-0.2, 0) is 12.8 Å². The Balaban J connectivity index is 1.90. The van der Waals surface area contributed by atoms with Crippen molar-refractivity contribution in [2.24, 2.45) is 5.92 Å². The van der Waals surface area contributed by atoms with E-state index in [0.29, 0.717) is 12.0 Å². The Morgan fingerprint density at radius 1 is 1.29 bits per heavy atom. The Labute approximate surface area is 104 Å². The molecule has 0 fully saturated rings. The maximum atomic E-state index is 5.53. The minimum atomic E-state index is 0.575. The van der Waals surface area contributed by atoms with Gasteiger partial charge in [0.25, 0.3) is 0 Å². The van der Waals surface area contributed by atoms with E-state index in [2.05, 4.69) is 44.3 Å².